The van der Waals surface area contributed by atoms with Crippen LogP contribution in [-0.4, -0.2) is 15.9 Å². The molecule has 0 N–H and O–H groups in total. The van der Waals surface area contributed by atoms with Gasteiger partial charge in [0.25, 0.3) is 5.69 Å². The Morgan fingerprint density at radius 3 is 2.76 bits per heavy atom. The minimum Gasteiger partial charge on any atom is -0.457 e. The van der Waals surface area contributed by atoms with Gasteiger partial charge in [0.1, 0.15) is 17.3 Å². The maximum absolute atomic E-state index is 12.3. The number of nitro benzene ring substituents is 1. The van der Waals surface area contributed by atoms with E-state index in [1.807, 2.05) is 24.3 Å². The average molecular weight is 357 g/mol. The zero-order chi connectivity index (χ0) is 18.0. The summed E-state index contributed by atoms with van der Waals surface area (Å²) >= 11 is 6.14. The highest BCUT2D eigenvalue weighted by molar-refractivity contribution is 6.30. The second-order valence-corrected chi connectivity index (χ2v) is 5.79. The topological polar surface area (TPSA) is 82.3 Å². The number of benzene rings is 2. The molecule has 0 aliphatic heterocycles. The monoisotopic (exact) mass is 356 g/mol. The summed E-state index contributed by atoms with van der Waals surface area (Å²) in [4.78, 5) is 27.1. The van der Waals surface area contributed by atoms with E-state index in [9.17, 15) is 14.9 Å². The Hall–Kier alpha value is -2.99. The number of nitrogens with zero attached hydrogens (tertiary/aromatic N) is 2. The standard InChI is InChI=1S/C18H13ClN2O4/c1-11-5-4-8-15(21(23)24)16(11)18(22)25-10-13-9-12-6-2-3-7-14(12)20-17(13)19/h2-9H,10H2,1H3. The quantitative estimate of drug-likeness (QED) is 0.298. The molecule has 1 heterocycles. The zero-order valence-corrected chi connectivity index (χ0v) is 14.0. The number of esters is 1. The molecule has 0 fully saturated rings. The number of aryl methyl sites for hydroxylation is 1. The molecule has 0 atom stereocenters. The molecule has 1 aromatic heterocycles. The number of fused-ring (bicyclic) bond motifs is 1. The number of halogens is 1. The summed E-state index contributed by atoms with van der Waals surface area (Å²) in [6.07, 6.45) is 0. The highest BCUT2D eigenvalue weighted by Crippen LogP contribution is 2.25. The second kappa shape index (κ2) is 6.86. The Kier molecular flexibility index (Phi) is 4.63. The summed E-state index contributed by atoms with van der Waals surface area (Å²) in [6.45, 7) is 1.50. The number of aromatic nitrogens is 1. The van der Waals surface area contributed by atoms with E-state index >= 15 is 0 Å². The summed E-state index contributed by atoms with van der Waals surface area (Å²) in [7, 11) is 0. The fourth-order valence-corrected chi connectivity index (χ4v) is 2.72. The van der Waals surface area contributed by atoms with Crippen LogP contribution in [0.25, 0.3) is 10.9 Å². The Labute approximate surface area is 148 Å². The molecule has 3 aromatic rings. The minimum atomic E-state index is -0.769. The molecule has 0 spiro atoms. The van der Waals surface area contributed by atoms with Crippen molar-refractivity contribution in [3.8, 4) is 0 Å². The molecule has 0 radical (unpaired) electrons. The molecule has 25 heavy (non-hydrogen) atoms. The van der Waals surface area contributed by atoms with Crippen LogP contribution in [0, 0.1) is 17.0 Å². The maximum Gasteiger partial charge on any atom is 0.345 e. The van der Waals surface area contributed by atoms with Crippen molar-refractivity contribution in [2.45, 2.75) is 13.5 Å². The van der Waals surface area contributed by atoms with E-state index in [0.717, 1.165) is 10.9 Å². The van der Waals surface area contributed by atoms with Gasteiger partial charge >= 0.3 is 5.97 Å². The van der Waals surface area contributed by atoms with Crippen LogP contribution in [0.2, 0.25) is 5.15 Å². The SMILES string of the molecule is Cc1cccc([N+](=O)[O-])c1C(=O)OCc1cc2ccccc2nc1Cl. The Balaban J connectivity index is 1.86. The first-order chi connectivity index (χ1) is 12.0. The summed E-state index contributed by atoms with van der Waals surface area (Å²) < 4.78 is 5.25. The molecular weight excluding hydrogens is 344 g/mol. The Bertz CT molecular complexity index is 988. The normalized spacial score (nSPS) is 10.6. The fraction of sp³-hybridized carbons (Fsp3) is 0.111. The number of rotatable bonds is 4. The first kappa shape index (κ1) is 16.9. The molecule has 0 saturated carbocycles. The summed E-state index contributed by atoms with van der Waals surface area (Å²) in [5.41, 5.74) is 1.40. The number of hydrogen-bond acceptors (Lipinski definition) is 5. The van der Waals surface area contributed by atoms with Gasteiger partial charge in [0.15, 0.2) is 0 Å². The lowest BCUT2D eigenvalue weighted by Crippen LogP contribution is -2.10. The number of carbonyl (C=O) groups is 1. The molecule has 0 bridgehead atoms. The van der Waals surface area contributed by atoms with Crippen molar-refractivity contribution >= 4 is 34.2 Å². The first-order valence-electron chi connectivity index (χ1n) is 7.42. The van der Waals surface area contributed by atoms with Gasteiger partial charge in [0, 0.05) is 17.0 Å². The first-order valence-corrected chi connectivity index (χ1v) is 7.80. The molecule has 0 unspecified atom stereocenters. The van der Waals surface area contributed by atoms with E-state index in [4.69, 9.17) is 16.3 Å². The third kappa shape index (κ3) is 3.44. The Morgan fingerprint density at radius 1 is 1.24 bits per heavy atom. The fourth-order valence-electron chi connectivity index (χ4n) is 2.52. The van der Waals surface area contributed by atoms with Gasteiger partial charge in [0.05, 0.1) is 10.4 Å². The summed E-state index contributed by atoms with van der Waals surface area (Å²) in [5, 5.41) is 12.2. The lowest BCUT2D eigenvalue weighted by molar-refractivity contribution is -0.385. The molecule has 6 nitrogen and oxygen atoms in total. The van der Waals surface area contributed by atoms with Crippen LogP contribution in [0.5, 0.6) is 0 Å². The molecule has 7 heteroatoms. The van der Waals surface area contributed by atoms with Crippen LogP contribution in [0.1, 0.15) is 21.5 Å². The molecule has 0 aliphatic rings. The van der Waals surface area contributed by atoms with E-state index in [1.54, 1.807) is 19.1 Å². The van der Waals surface area contributed by atoms with Gasteiger partial charge in [-0.05, 0) is 24.6 Å². The van der Waals surface area contributed by atoms with Crippen molar-refractivity contribution in [2.75, 3.05) is 0 Å². The highest BCUT2D eigenvalue weighted by Gasteiger charge is 2.23. The van der Waals surface area contributed by atoms with Crippen LogP contribution in [0.3, 0.4) is 0 Å². The van der Waals surface area contributed by atoms with Crippen molar-refractivity contribution < 1.29 is 14.5 Å². The van der Waals surface area contributed by atoms with Gasteiger partial charge in [-0.15, -0.1) is 0 Å². The number of ether oxygens (including phenoxy) is 1. The minimum absolute atomic E-state index is 0.0580. The van der Waals surface area contributed by atoms with Crippen molar-refractivity contribution in [2.24, 2.45) is 0 Å². The number of carbonyl (C=O) groups excluding carboxylic acids is 1. The zero-order valence-electron chi connectivity index (χ0n) is 13.2. The van der Waals surface area contributed by atoms with Crippen molar-refractivity contribution in [1.29, 1.82) is 0 Å². The predicted molar refractivity (Wildman–Crippen MR) is 93.7 cm³/mol. The summed E-state index contributed by atoms with van der Waals surface area (Å²) in [5.74, 6) is -0.769. The van der Waals surface area contributed by atoms with Gasteiger partial charge in [-0.1, -0.05) is 41.9 Å². The van der Waals surface area contributed by atoms with Crippen molar-refractivity contribution in [3.63, 3.8) is 0 Å². The number of para-hydroxylation sites is 1. The van der Waals surface area contributed by atoms with Crippen molar-refractivity contribution in [1.82, 2.24) is 4.98 Å². The van der Waals surface area contributed by atoms with E-state index in [2.05, 4.69) is 4.98 Å². The molecule has 3 rings (SSSR count). The highest BCUT2D eigenvalue weighted by atomic mass is 35.5. The van der Waals surface area contributed by atoms with Crippen LogP contribution in [0.4, 0.5) is 5.69 Å². The van der Waals surface area contributed by atoms with Gasteiger partial charge in [0.2, 0.25) is 0 Å². The van der Waals surface area contributed by atoms with Crippen LogP contribution >= 0.6 is 11.6 Å². The number of pyridine rings is 1. The predicted octanol–water partition coefficient (Wildman–Crippen LogP) is 4.46. The average Bonchev–Trinajstić information content (AvgIpc) is 2.59. The third-order valence-corrected chi connectivity index (χ3v) is 4.09. The number of hydrogen-bond donors (Lipinski definition) is 0. The molecule has 0 amide bonds. The van der Waals surface area contributed by atoms with E-state index in [0.29, 0.717) is 11.1 Å². The van der Waals surface area contributed by atoms with Gasteiger partial charge in [-0.3, -0.25) is 10.1 Å². The third-order valence-electron chi connectivity index (χ3n) is 3.76. The smallest absolute Gasteiger partial charge is 0.345 e. The lowest BCUT2D eigenvalue weighted by atomic mass is 10.1. The van der Waals surface area contributed by atoms with E-state index < -0.39 is 10.9 Å². The second-order valence-electron chi connectivity index (χ2n) is 5.43. The van der Waals surface area contributed by atoms with Crippen LogP contribution < -0.4 is 0 Å². The van der Waals surface area contributed by atoms with Gasteiger partial charge in [-0.2, -0.15) is 0 Å². The lowest BCUT2D eigenvalue weighted by Gasteiger charge is -2.09. The van der Waals surface area contributed by atoms with E-state index in [1.165, 1.54) is 12.1 Å². The molecular formula is C18H13ClN2O4. The van der Waals surface area contributed by atoms with Gasteiger partial charge < -0.3 is 4.74 Å². The molecule has 2 aromatic carbocycles. The number of nitro groups is 1. The molecule has 126 valence electrons. The molecule has 0 saturated heterocycles. The van der Waals surface area contributed by atoms with E-state index in [-0.39, 0.29) is 23.0 Å². The van der Waals surface area contributed by atoms with Crippen molar-refractivity contribution in [3.05, 3.63) is 80.5 Å². The maximum atomic E-state index is 12.3. The molecule has 0 aliphatic carbocycles. The van der Waals surface area contributed by atoms with Crippen LogP contribution in [0.15, 0.2) is 48.5 Å². The van der Waals surface area contributed by atoms with Gasteiger partial charge in [-0.25, -0.2) is 9.78 Å². The Morgan fingerprint density at radius 2 is 2.00 bits per heavy atom. The summed E-state index contributed by atoms with van der Waals surface area (Å²) in [6, 6.07) is 13.6. The van der Waals surface area contributed by atoms with Crippen LogP contribution in [-0.2, 0) is 11.3 Å². The largest absolute Gasteiger partial charge is 0.457 e.